The molecule has 3 aromatic heterocycles. The van der Waals surface area contributed by atoms with Crippen LogP contribution in [0.3, 0.4) is 0 Å². The number of hydrogen-bond donors (Lipinski definition) is 1. The number of carbonyl (C=O) groups excluding carboxylic acids is 1. The average Bonchev–Trinajstić information content (AvgIpc) is 3.52. The van der Waals surface area contributed by atoms with Gasteiger partial charge in [-0.3, -0.25) is 4.79 Å². The molecule has 9 nitrogen and oxygen atoms in total. The van der Waals surface area contributed by atoms with E-state index in [4.69, 9.17) is 4.99 Å². The topological polar surface area (TPSA) is 85.1 Å². The third-order valence-electron chi connectivity index (χ3n) is 8.98. The van der Waals surface area contributed by atoms with Crippen LogP contribution in [0.4, 0.5) is 5.69 Å². The molecule has 9 heteroatoms. The Morgan fingerprint density at radius 2 is 1.81 bits per heavy atom. The van der Waals surface area contributed by atoms with E-state index >= 15 is 0 Å². The zero-order valence-electron chi connectivity index (χ0n) is 27.5. The van der Waals surface area contributed by atoms with Gasteiger partial charge in [-0.1, -0.05) is 20.4 Å². The van der Waals surface area contributed by atoms with E-state index in [9.17, 15) is 4.79 Å². The molecule has 0 saturated carbocycles. The standard InChI is InChI=1S/C33H50N8O/c1-13-27(39-16-22(5)40(17-21(39)4)28(42)14-15-38(12)33(9,10)11)37-30-25(8)36-31(29(30)20(2)3)26-18-41-32(34-19-35-41)24(7)23(26)6/h13,18-22,36H,1,14-17H2,2-12H3/t21-,22+/m0/s1. The van der Waals surface area contributed by atoms with Crippen molar-refractivity contribution in [2.75, 3.05) is 26.7 Å². The highest BCUT2D eigenvalue weighted by atomic mass is 16.2. The number of H-pyrrole nitrogens is 1. The summed E-state index contributed by atoms with van der Waals surface area (Å²) in [5, 5.41) is 4.41. The maximum Gasteiger partial charge on any atom is 0.224 e. The number of aryl methyl sites for hydroxylation is 2. The highest BCUT2D eigenvalue weighted by molar-refractivity contribution is 5.96. The number of amidine groups is 1. The van der Waals surface area contributed by atoms with Gasteiger partial charge < -0.3 is 19.7 Å². The van der Waals surface area contributed by atoms with Crippen molar-refractivity contribution in [2.24, 2.45) is 4.99 Å². The third kappa shape index (κ3) is 6.02. The van der Waals surface area contributed by atoms with Gasteiger partial charge >= 0.3 is 0 Å². The maximum absolute atomic E-state index is 13.3. The van der Waals surface area contributed by atoms with Gasteiger partial charge in [0.1, 0.15) is 12.2 Å². The van der Waals surface area contributed by atoms with Crippen LogP contribution in [-0.2, 0) is 4.79 Å². The van der Waals surface area contributed by atoms with Crippen molar-refractivity contribution in [3.63, 3.8) is 0 Å². The molecule has 0 aliphatic carbocycles. The Bertz CT molecular complexity index is 1490. The number of rotatable bonds is 7. The fourth-order valence-electron chi connectivity index (χ4n) is 5.88. The average molecular weight is 575 g/mol. The minimum atomic E-state index is 0.0406. The number of amides is 1. The van der Waals surface area contributed by atoms with Gasteiger partial charge in [0.15, 0.2) is 5.65 Å². The Labute approximate surface area is 251 Å². The summed E-state index contributed by atoms with van der Waals surface area (Å²) in [4.78, 5) is 33.2. The van der Waals surface area contributed by atoms with Gasteiger partial charge in [-0.2, -0.15) is 5.10 Å². The number of nitrogens with one attached hydrogen (secondary N) is 1. The second kappa shape index (κ2) is 12.0. The Morgan fingerprint density at radius 3 is 2.43 bits per heavy atom. The number of carbonyl (C=O) groups is 1. The summed E-state index contributed by atoms with van der Waals surface area (Å²) in [5.41, 5.74) is 8.52. The van der Waals surface area contributed by atoms with Gasteiger partial charge in [0.25, 0.3) is 0 Å². The molecule has 1 N–H and O–H groups in total. The van der Waals surface area contributed by atoms with Crippen LogP contribution >= 0.6 is 0 Å². The fourth-order valence-corrected chi connectivity index (χ4v) is 5.88. The highest BCUT2D eigenvalue weighted by Gasteiger charge is 2.33. The SMILES string of the molecule is C=CC(=Nc1c(C)[nH]c(-c2cn3ncnc3c(C)c2C)c1C(C)C)N1C[C@@H](C)N(C(=O)CCN(C)C(C)(C)C)C[C@@H]1C. The number of nitrogens with zero attached hydrogens (tertiary/aromatic N) is 7. The summed E-state index contributed by atoms with van der Waals surface area (Å²) in [6.45, 7) is 27.8. The number of aliphatic imine (C=N–C) groups is 1. The first kappa shape index (κ1) is 31.5. The number of pyridine rings is 1. The quantitative estimate of drug-likeness (QED) is 0.275. The lowest BCUT2D eigenvalue weighted by molar-refractivity contribution is -0.136. The Morgan fingerprint density at radius 1 is 1.17 bits per heavy atom. The molecule has 4 heterocycles. The normalized spacial score (nSPS) is 18.5. The van der Waals surface area contributed by atoms with E-state index in [1.54, 1.807) is 6.33 Å². The molecule has 0 radical (unpaired) electrons. The first-order chi connectivity index (χ1) is 19.6. The van der Waals surface area contributed by atoms with Crippen LogP contribution in [0.15, 0.2) is 30.2 Å². The molecule has 2 atom stereocenters. The Balaban J connectivity index is 1.64. The van der Waals surface area contributed by atoms with Gasteiger partial charge in [-0.25, -0.2) is 14.5 Å². The van der Waals surface area contributed by atoms with Crippen molar-refractivity contribution in [2.45, 2.75) is 99.2 Å². The molecule has 0 spiro atoms. The molecule has 1 aliphatic rings. The van der Waals surface area contributed by atoms with E-state index in [1.807, 2.05) is 15.5 Å². The van der Waals surface area contributed by atoms with Crippen LogP contribution in [0.1, 0.15) is 83.2 Å². The van der Waals surface area contributed by atoms with Crippen LogP contribution in [0.5, 0.6) is 0 Å². The molecule has 228 valence electrons. The molecule has 1 amide bonds. The van der Waals surface area contributed by atoms with Crippen molar-refractivity contribution in [1.29, 1.82) is 0 Å². The van der Waals surface area contributed by atoms with E-state index in [0.717, 1.165) is 46.2 Å². The lowest BCUT2D eigenvalue weighted by Gasteiger charge is -2.45. The van der Waals surface area contributed by atoms with Crippen molar-refractivity contribution < 1.29 is 4.79 Å². The van der Waals surface area contributed by atoms with E-state index < -0.39 is 0 Å². The van der Waals surface area contributed by atoms with Crippen LogP contribution in [-0.4, -0.2) is 90.3 Å². The highest BCUT2D eigenvalue weighted by Crippen LogP contribution is 2.41. The summed E-state index contributed by atoms with van der Waals surface area (Å²) in [5.74, 6) is 1.28. The summed E-state index contributed by atoms with van der Waals surface area (Å²) >= 11 is 0. The number of aromatic nitrogens is 4. The maximum atomic E-state index is 13.3. The van der Waals surface area contributed by atoms with E-state index in [-0.39, 0.29) is 29.4 Å². The van der Waals surface area contributed by atoms with Crippen molar-refractivity contribution >= 4 is 23.1 Å². The second-order valence-electron chi connectivity index (χ2n) is 13.3. The van der Waals surface area contributed by atoms with Crippen molar-refractivity contribution in [3.05, 3.63) is 47.6 Å². The second-order valence-corrected chi connectivity index (χ2v) is 13.3. The molecule has 1 fully saturated rings. The minimum Gasteiger partial charge on any atom is -0.357 e. The zero-order chi connectivity index (χ0) is 31.1. The van der Waals surface area contributed by atoms with Crippen LogP contribution in [0, 0.1) is 20.8 Å². The zero-order valence-corrected chi connectivity index (χ0v) is 27.5. The van der Waals surface area contributed by atoms with Gasteiger partial charge in [0.2, 0.25) is 5.91 Å². The molecular formula is C33H50N8O. The van der Waals surface area contributed by atoms with E-state index in [0.29, 0.717) is 19.5 Å². The summed E-state index contributed by atoms with van der Waals surface area (Å²) in [6.07, 6.45) is 6.03. The Hall–Kier alpha value is -3.46. The van der Waals surface area contributed by atoms with Crippen LogP contribution in [0.25, 0.3) is 16.9 Å². The number of piperazine rings is 1. The number of fused-ring (bicyclic) bond motifs is 1. The summed E-state index contributed by atoms with van der Waals surface area (Å²) in [7, 11) is 2.08. The molecule has 1 saturated heterocycles. The lowest BCUT2D eigenvalue weighted by atomic mass is 9.95. The molecule has 3 aromatic rings. The summed E-state index contributed by atoms with van der Waals surface area (Å²) < 4.78 is 1.85. The van der Waals surface area contributed by atoms with Crippen molar-refractivity contribution in [1.82, 2.24) is 34.3 Å². The lowest BCUT2D eigenvalue weighted by Crippen LogP contribution is -2.59. The first-order valence-corrected chi connectivity index (χ1v) is 15.2. The summed E-state index contributed by atoms with van der Waals surface area (Å²) in [6, 6.07) is 0.189. The predicted molar refractivity (Wildman–Crippen MR) is 173 cm³/mol. The number of hydrogen-bond acceptors (Lipinski definition) is 5. The molecule has 4 rings (SSSR count). The van der Waals surface area contributed by atoms with E-state index in [2.05, 4.69) is 114 Å². The fraction of sp³-hybridized carbons (Fsp3) is 0.576. The smallest absolute Gasteiger partial charge is 0.224 e. The van der Waals surface area contributed by atoms with Gasteiger partial charge in [-0.05, 0) is 85.6 Å². The monoisotopic (exact) mass is 574 g/mol. The minimum absolute atomic E-state index is 0.0406. The molecule has 1 aliphatic heterocycles. The largest absolute Gasteiger partial charge is 0.357 e. The van der Waals surface area contributed by atoms with Gasteiger partial charge in [0, 0.05) is 66.7 Å². The van der Waals surface area contributed by atoms with Gasteiger partial charge in [-0.15, -0.1) is 0 Å². The van der Waals surface area contributed by atoms with E-state index in [1.165, 1.54) is 11.1 Å². The molecule has 42 heavy (non-hydrogen) atoms. The molecule has 0 unspecified atom stereocenters. The van der Waals surface area contributed by atoms with Gasteiger partial charge in [0.05, 0.1) is 11.4 Å². The predicted octanol–water partition coefficient (Wildman–Crippen LogP) is 6.03. The third-order valence-corrected chi connectivity index (χ3v) is 8.98. The molecule has 0 bridgehead atoms. The molecular weight excluding hydrogens is 524 g/mol. The Kier molecular flexibility index (Phi) is 9.02. The first-order valence-electron chi connectivity index (χ1n) is 15.2. The molecule has 0 aromatic carbocycles. The number of aromatic amines is 1. The van der Waals surface area contributed by atoms with Crippen LogP contribution in [0.2, 0.25) is 0 Å². The van der Waals surface area contributed by atoms with Crippen molar-refractivity contribution in [3.8, 4) is 11.3 Å². The van der Waals surface area contributed by atoms with Crippen LogP contribution < -0.4 is 0 Å².